The van der Waals surface area contributed by atoms with Crippen molar-refractivity contribution < 1.29 is 9.59 Å². The van der Waals surface area contributed by atoms with Gasteiger partial charge in [0.05, 0.1) is 5.92 Å². The number of halogens is 1. The summed E-state index contributed by atoms with van der Waals surface area (Å²) in [6.45, 7) is 6.23. The Hall–Kier alpha value is -2.33. The molecule has 2 amide bonds. The van der Waals surface area contributed by atoms with Gasteiger partial charge in [-0.05, 0) is 49.6 Å². The molecule has 2 aromatic carbocycles. The zero-order valence-corrected chi connectivity index (χ0v) is 15.4. The first-order valence-electron chi connectivity index (χ1n) is 8.31. The van der Waals surface area contributed by atoms with Gasteiger partial charge in [-0.15, -0.1) is 0 Å². The van der Waals surface area contributed by atoms with Crippen LogP contribution in [0.2, 0.25) is 5.02 Å². The fraction of sp³-hybridized carbons (Fsp3) is 0.300. The maximum Gasteiger partial charge on any atom is 0.229 e. The molecule has 1 fully saturated rings. The Morgan fingerprint density at radius 2 is 1.76 bits per heavy atom. The highest BCUT2D eigenvalue weighted by atomic mass is 35.5. The number of anilines is 2. The first-order chi connectivity index (χ1) is 11.9. The van der Waals surface area contributed by atoms with Crippen molar-refractivity contribution in [3.8, 4) is 0 Å². The van der Waals surface area contributed by atoms with Crippen molar-refractivity contribution in [1.29, 1.82) is 0 Å². The molecule has 1 atom stereocenters. The molecule has 0 bridgehead atoms. The standard InChI is InChI=1S/C20H21ClN2O2/c1-12-6-4-7-13(2)19(12)23-11-15(10-18(23)24)20(25)22-17-9-5-8-16(21)14(17)3/h4-9,15H,10-11H2,1-3H3,(H,22,25)/t15-/m1/s1. The zero-order valence-electron chi connectivity index (χ0n) is 14.6. The normalized spacial score (nSPS) is 17.0. The van der Waals surface area contributed by atoms with Crippen LogP contribution >= 0.6 is 11.6 Å². The first kappa shape index (κ1) is 17.5. The Bertz CT molecular complexity index is 827. The number of hydrogen-bond donors (Lipinski definition) is 1. The van der Waals surface area contributed by atoms with Gasteiger partial charge in [0.25, 0.3) is 0 Å². The van der Waals surface area contributed by atoms with Gasteiger partial charge in [0.1, 0.15) is 0 Å². The van der Waals surface area contributed by atoms with E-state index in [2.05, 4.69) is 5.32 Å². The second kappa shape index (κ2) is 6.89. The lowest BCUT2D eigenvalue weighted by Gasteiger charge is -2.21. The van der Waals surface area contributed by atoms with Crippen molar-refractivity contribution >= 4 is 34.8 Å². The number of carbonyl (C=O) groups is 2. The molecule has 0 aliphatic carbocycles. The average molecular weight is 357 g/mol. The molecular formula is C20H21ClN2O2. The SMILES string of the molecule is Cc1cccc(C)c1N1C[C@H](C(=O)Nc2cccc(Cl)c2C)CC1=O. The summed E-state index contributed by atoms with van der Waals surface area (Å²) in [5.41, 5.74) is 4.52. The van der Waals surface area contributed by atoms with Crippen molar-refractivity contribution in [3.05, 3.63) is 58.1 Å². The molecule has 0 saturated carbocycles. The van der Waals surface area contributed by atoms with Crippen LogP contribution < -0.4 is 10.2 Å². The van der Waals surface area contributed by atoms with E-state index < -0.39 is 0 Å². The lowest BCUT2D eigenvalue weighted by molar-refractivity contribution is -0.122. The molecule has 0 spiro atoms. The number of para-hydroxylation sites is 1. The van der Waals surface area contributed by atoms with Crippen LogP contribution in [0.3, 0.4) is 0 Å². The summed E-state index contributed by atoms with van der Waals surface area (Å²) in [4.78, 5) is 26.9. The van der Waals surface area contributed by atoms with Crippen LogP contribution in [0.4, 0.5) is 11.4 Å². The van der Waals surface area contributed by atoms with E-state index in [4.69, 9.17) is 11.6 Å². The summed E-state index contributed by atoms with van der Waals surface area (Å²) < 4.78 is 0. The highest BCUT2D eigenvalue weighted by Gasteiger charge is 2.36. The van der Waals surface area contributed by atoms with Gasteiger partial charge in [-0.3, -0.25) is 9.59 Å². The smallest absolute Gasteiger partial charge is 0.229 e. The van der Waals surface area contributed by atoms with Crippen LogP contribution in [0.1, 0.15) is 23.1 Å². The van der Waals surface area contributed by atoms with Gasteiger partial charge in [-0.2, -0.15) is 0 Å². The molecule has 0 unspecified atom stereocenters. The number of benzene rings is 2. The van der Waals surface area contributed by atoms with Crippen molar-refractivity contribution in [2.45, 2.75) is 27.2 Å². The number of hydrogen-bond acceptors (Lipinski definition) is 2. The molecule has 5 heteroatoms. The van der Waals surface area contributed by atoms with E-state index in [-0.39, 0.29) is 24.2 Å². The van der Waals surface area contributed by atoms with Crippen LogP contribution in [0.5, 0.6) is 0 Å². The van der Waals surface area contributed by atoms with Crippen LogP contribution in [-0.2, 0) is 9.59 Å². The highest BCUT2D eigenvalue weighted by Crippen LogP contribution is 2.31. The summed E-state index contributed by atoms with van der Waals surface area (Å²) in [5, 5.41) is 3.52. The van der Waals surface area contributed by atoms with Gasteiger partial charge in [0.2, 0.25) is 11.8 Å². The van der Waals surface area contributed by atoms with Crippen molar-refractivity contribution in [2.75, 3.05) is 16.8 Å². The lowest BCUT2D eigenvalue weighted by Crippen LogP contribution is -2.29. The molecule has 1 aliphatic rings. The third-order valence-electron chi connectivity index (χ3n) is 4.73. The minimum atomic E-state index is -0.370. The van der Waals surface area contributed by atoms with Crippen LogP contribution in [0, 0.1) is 26.7 Å². The lowest BCUT2D eigenvalue weighted by atomic mass is 10.1. The Morgan fingerprint density at radius 1 is 1.12 bits per heavy atom. The third kappa shape index (κ3) is 3.40. The van der Waals surface area contributed by atoms with Crippen molar-refractivity contribution in [3.63, 3.8) is 0 Å². The fourth-order valence-electron chi connectivity index (χ4n) is 3.31. The summed E-state index contributed by atoms with van der Waals surface area (Å²) in [6, 6.07) is 11.3. The molecule has 1 aliphatic heterocycles. The van der Waals surface area contributed by atoms with Crippen LogP contribution in [0.15, 0.2) is 36.4 Å². The van der Waals surface area contributed by atoms with E-state index in [1.807, 2.05) is 45.0 Å². The minimum absolute atomic E-state index is 0.0135. The van der Waals surface area contributed by atoms with Gasteiger partial charge in [-0.25, -0.2) is 0 Å². The largest absolute Gasteiger partial charge is 0.325 e. The van der Waals surface area contributed by atoms with E-state index in [0.717, 1.165) is 22.4 Å². The number of carbonyl (C=O) groups excluding carboxylic acids is 2. The van der Waals surface area contributed by atoms with E-state index >= 15 is 0 Å². The average Bonchev–Trinajstić information content (AvgIpc) is 2.93. The quantitative estimate of drug-likeness (QED) is 0.893. The van der Waals surface area contributed by atoms with Gasteiger partial charge in [-0.1, -0.05) is 35.9 Å². The van der Waals surface area contributed by atoms with Gasteiger partial charge in [0.15, 0.2) is 0 Å². The predicted octanol–water partition coefficient (Wildman–Crippen LogP) is 4.26. The van der Waals surface area contributed by atoms with Crippen LogP contribution in [0.25, 0.3) is 0 Å². The summed E-state index contributed by atoms with van der Waals surface area (Å²) in [7, 11) is 0. The van der Waals surface area contributed by atoms with E-state index in [1.165, 1.54) is 0 Å². The zero-order chi connectivity index (χ0) is 18.1. The summed E-state index contributed by atoms with van der Waals surface area (Å²) in [6.07, 6.45) is 0.221. The van der Waals surface area contributed by atoms with Crippen molar-refractivity contribution in [1.82, 2.24) is 0 Å². The molecule has 1 N–H and O–H groups in total. The highest BCUT2D eigenvalue weighted by molar-refractivity contribution is 6.31. The number of aryl methyl sites for hydroxylation is 2. The van der Waals surface area contributed by atoms with Gasteiger partial charge >= 0.3 is 0 Å². The second-order valence-corrected chi connectivity index (χ2v) is 6.95. The predicted molar refractivity (Wildman–Crippen MR) is 101 cm³/mol. The maximum absolute atomic E-state index is 12.6. The number of nitrogens with one attached hydrogen (secondary N) is 1. The number of amides is 2. The maximum atomic E-state index is 12.6. The van der Waals surface area contributed by atoms with E-state index in [1.54, 1.807) is 17.0 Å². The molecule has 25 heavy (non-hydrogen) atoms. The minimum Gasteiger partial charge on any atom is -0.325 e. The van der Waals surface area contributed by atoms with E-state index in [0.29, 0.717) is 17.3 Å². The molecule has 130 valence electrons. The molecular weight excluding hydrogens is 336 g/mol. The fourth-order valence-corrected chi connectivity index (χ4v) is 3.48. The number of nitrogens with zero attached hydrogens (tertiary/aromatic N) is 1. The monoisotopic (exact) mass is 356 g/mol. The molecule has 0 radical (unpaired) electrons. The molecule has 3 rings (SSSR count). The molecule has 1 heterocycles. The molecule has 0 aromatic heterocycles. The van der Waals surface area contributed by atoms with Crippen molar-refractivity contribution in [2.24, 2.45) is 5.92 Å². The Kier molecular flexibility index (Phi) is 4.82. The third-order valence-corrected chi connectivity index (χ3v) is 5.14. The topological polar surface area (TPSA) is 49.4 Å². The summed E-state index contributed by atoms with van der Waals surface area (Å²) >= 11 is 6.10. The first-order valence-corrected chi connectivity index (χ1v) is 8.69. The Morgan fingerprint density at radius 3 is 2.44 bits per heavy atom. The van der Waals surface area contributed by atoms with Gasteiger partial charge in [0, 0.05) is 29.4 Å². The van der Waals surface area contributed by atoms with Crippen LogP contribution in [-0.4, -0.2) is 18.4 Å². The second-order valence-electron chi connectivity index (χ2n) is 6.55. The molecule has 2 aromatic rings. The van der Waals surface area contributed by atoms with Gasteiger partial charge < -0.3 is 10.2 Å². The Balaban J connectivity index is 1.78. The number of rotatable bonds is 3. The molecule has 4 nitrogen and oxygen atoms in total. The summed E-state index contributed by atoms with van der Waals surface area (Å²) in [5.74, 6) is -0.530. The van der Waals surface area contributed by atoms with E-state index in [9.17, 15) is 9.59 Å². The molecule has 1 saturated heterocycles. The Labute approximate surface area is 152 Å².